The molecule has 0 unspecified atom stereocenters. The van der Waals surface area contributed by atoms with Crippen LogP contribution in [0.3, 0.4) is 0 Å². The molecule has 2 amide bonds. The van der Waals surface area contributed by atoms with Crippen LogP contribution in [-0.4, -0.2) is 66.3 Å². The molecule has 0 bridgehead atoms. The molecule has 1 aromatic heterocycles. The van der Waals surface area contributed by atoms with Gasteiger partial charge in [0.05, 0.1) is 10.1 Å². The number of carbonyl (C=O) groups is 2. The van der Waals surface area contributed by atoms with E-state index in [0.717, 1.165) is 22.9 Å². The maximum atomic E-state index is 12.3. The molecule has 0 saturated carbocycles. The van der Waals surface area contributed by atoms with Gasteiger partial charge in [-0.15, -0.1) is 23.1 Å². The number of rotatable bonds is 5. The van der Waals surface area contributed by atoms with Crippen molar-refractivity contribution in [2.24, 2.45) is 0 Å². The van der Waals surface area contributed by atoms with Crippen molar-refractivity contribution in [3.8, 4) is 0 Å². The summed E-state index contributed by atoms with van der Waals surface area (Å²) in [5.41, 5.74) is 0. The third kappa shape index (κ3) is 4.65. The third-order valence-corrected chi connectivity index (χ3v) is 6.63. The van der Waals surface area contributed by atoms with E-state index in [0.29, 0.717) is 38.5 Å². The molecule has 0 N–H and O–H groups in total. The lowest BCUT2D eigenvalue weighted by Gasteiger charge is -2.35. The van der Waals surface area contributed by atoms with Crippen LogP contribution in [-0.2, 0) is 20.1 Å². The zero-order valence-corrected chi connectivity index (χ0v) is 15.8. The van der Waals surface area contributed by atoms with Gasteiger partial charge in [-0.1, -0.05) is 11.6 Å². The summed E-state index contributed by atoms with van der Waals surface area (Å²) in [4.78, 5) is 29.4. The van der Waals surface area contributed by atoms with Crippen LogP contribution in [0.5, 0.6) is 0 Å². The van der Waals surface area contributed by atoms with Gasteiger partial charge < -0.3 is 14.5 Å². The Morgan fingerprint density at radius 3 is 2.62 bits per heavy atom. The number of amides is 2. The summed E-state index contributed by atoms with van der Waals surface area (Å²) in [5.74, 6) is 1.51. The van der Waals surface area contributed by atoms with Crippen molar-refractivity contribution in [3.05, 3.63) is 21.3 Å². The van der Waals surface area contributed by atoms with Crippen LogP contribution < -0.4 is 0 Å². The van der Waals surface area contributed by atoms with E-state index in [1.54, 1.807) is 23.1 Å². The van der Waals surface area contributed by atoms with Crippen molar-refractivity contribution in [1.82, 2.24) is 9.80 Å². The second-order valence-electron chi connectivity index (χ2n) is 5.91. The first-order valence-corrected chi connectivity index (χ1v) is 10.5. The second-order valence-corrected chi connectivity index (χ2v) is 8.69. The molecule has 3 rings (SSSR count). The Labute approximate surface area is 155 Å². The van der Waals surface area contributed by atoms with E-state index in [1.165, 1.54) is 4.88 Å². The summed E-state index contributed by atoms with van der Waals surface area (Å²) in [6, 6.07) is 3.88. The van der Waals surface area contributed by atoms with Gasteiger partial charge in [0.1, 0.15) is 6.10 Å². The van der Waals surface area contributed by atoms with E-state index in [1.807, 2.05) is 21.9 Å². The minimum Gasteiger partial charge on any atom is -0.368 e. The van der Waals surface area contributed by atoms with Crippen molar-refractivity contribution < 1.29 is 14.3 Å². The van der Waals surface area contributed by atoms with E-state index in [2.05, 4.69) is 0 Å². The molecule has 2 fully saturated rings. The Morgan fingerprint density at radius 1 is 1.25 bits per heavy atom. The van der Waals surface area contributed by atoms with Crippen LogP contribution in [0, 0.1) is 0 Å². The van der Waals surface area contributed by atoms with Crippen molar-refractivity contribution in [2.45, 2.75) is 24.7 Å². The average Bonchev–Trinajstić information content (AvgIpc) is 3.26. The van der Waals surface area contributed by atoms with Crippen LogP contribution in [0.25, 0.3) is 0 Å². The van der Waals surface area contributed by atoms with Crippen LogP contribution in [0.15, 0.2) is 12.1 Å². The number of thiophene rings is 1. The Bertz CT molecular complexity index is 582. The quantitative estimate of drug-likeness (QED) is 0.777. The van der Waals surface area contributed by atoms with Gasteiger partial charge >= 0.3 is 0 Å². The Kier molecular flexibility index (Phi) is 6.43. The van der Waals surface area contributed by atoms with Crippen molar-refractivity contribution in [1.29, 1.82) is 0 Å². The molecular weight excluding hydrogens is 368 g/mol. The Morgan fingerprint density at radius 2 is 2.00 bits per heavy atom. The predicted octanol–water partition coefficient (Wildman–Crippen LogP) is 2.48. The average molecular weight is 389 g/mol. The second kappa shape index (κ2) is 8.56. The maximum Gasteiger partial charge on any atom is 0.251 e. The van der Waals surface area contributed by atoms with Crippen molar-refractivity contribution in [2.75, 3.05) is 38.5 Å². The smallest absolute Gasteiger partial charge is 0.251 e. The Hall–Kier alpha value is -0.760. The largest absolute Gasteiger partial charge is 0.368 e. The molecule has 0 aliphatic carbocycles. The zero-order valence-electron chi connectivity index (χ0n) is 13.4. The molecule has 5 nitrogen and oxygen atoms in total. The van der Waals surface area contributed by atoms with Crippen LogP contribution >= 0.6 is 34.7 Å². The molecule has 0 spiro atoms. The molecule has 132 valence electrons. The van der Waals surface area contributed by atoms with Gasteiger partial charge in [0.15, 0.2) is 0 Å². The van der Waals surface area contributed by atoms with Gasteiger partial charge in [-0.25, -0.2) is 0 Å². The van der Waals surface area contributed by atoms with Gasteiger partial charge in [-0.2, -0.15) is 0 Å². The molecule has 2 aliphatic rings. The lowest BCUT2D eigenvalue weighted by atomic mass is 10.2. The first kappa shape index (κ1) is 18.0. The number of hydrogen-bond acceptors (Lipinski definition) is 5. The van der Waals surface area contributed by atoms with E-state index in [9.17, 15) is 9.59 Å². The molecule has 3 heterocycles. The third-order valence-electron chi connectivity index (χ3n) is 4.25. The highest BCUT2D eigenvalue weighted by Crippen LogP contribution is 2.25. The van der Waals surface area contributed by atoms with E-state index in [-0.39, 0.29) is 17.9 Å². The van der Waals surface area contributed by atoms with E-state index in [4.69, 9.17) is 16.3 Å². The summed E-state index contributed by atoms with van der Waals surface area (Å²) < 4.78 is 6.24. The SMILES string of the molecule is O=C(CSCc1ccc(Cl)s1)N1CCN(C(=O)[C@@H]2CCCO2)CC1. The molecule has 2 saturated heterocycles. The van der Waals surface area contributed by atoms with Crippen LogP contribution in [0.4, 0.5) is 0 Å². The molecule has 2 aliphatic heterocycles. The lowest BCUT2D eigenvalue weighted by molar-refractivity contribution is -0.145. The zero-order chi connectivity index (χ0) is 16.9. The summed E-state index contributed by atoms with van der Waals surface area (Å²) in [7, 11) is 0. The monoisotopic (exact) mass is 388 g/mol. The van der Waals surface area contributed by atoms with Gasteiger partial charge in [0, 0.05) is 43.4 Å². The number of carbonyl (C=O) groups excluding carboxylic acids is 2. The minimum atomic E-state index is -0.263. The predicted molar refractivity (Wildman–Crippen MR) is 97.6 cm³/mol. The standard InChI is InChI=1S/C16H21ClN2O3S2/c17-14-4-3-12(24-14)10-23-11-15(20)18-5-7-19(8-6-18)16(21)13-2-1-9-22-13/h3-4,13H,1-2,5-11H2/t13-/m0/s1. The number of thioether (sulfide) groups is 1. The maximum absolute atomic E-state index is 12.3. The molecule has 1 atom stereocenters. The van der Waals surface area contributed by atoms with Crippen LogP contribution in [0.1, 0.15) is 17.7 Å². The fourth-order valence-corrected chi connectivity index (χ4v) is 5.04. The molecule has 0 radical (unpaired) electrons. The highest BCUT2D eigenvalue weighted by atomic mass is 35.5. The molecule has 24 heavy (non-hydrogen) atoms. The fraction of sp³-hybridized carbons (Fsp3) is 0.625. The number of nitrogens with zero attached hydrogens (tertiary/aromatic N) is 2. The molecular formula is C16H21ClN2O3S2. The summed E-state index contributed by atoms with van der Waals surface area (Å²) >= 11 is 9.07. The normalized spacial score (nSPS) is 21.3. The lowest BCUT2D eigenvalue weighted by Crippen LogP contribution is -2.53. The van der Waals surface area contributed by atoms with Gasteiger partial charge in [-0.05, 0) is 25.0 Å². The van der Waals surface area contributed by atoms with Crippen LogP contribution in [0.2, 0.25) is 4.34 Å². The van der Waals surface area contributed by atoms with Crippen molar-refractivity contribution >= 4 is 46.5 Å². The van der Waals surface area contributed by atoms with Crippen molar-refractivity contribution in [3.63, 3.8) is 0 Å². The summed E-state index contributed by atoms with van der Waals surface area (Å²) in [6.07, 6.45) is 1.52. The van der Waals surface area contributed by atoms with Gasteiger partial charge in [0.2, 0.25) is 5.91 Å². The Balaban J connectivity index is 1.37. The summed E-state index contributed by atoms with van der Waals surface area (Å²) in [5, 5.41) is 0. The molecule has 0 aromatic carbocycles. The topological polar surface area (TPSA) is 49.9 Å². The van der Waals surface area contributed by atoms with E-state index < -0.39 is 0 Å². The summed E-state index contributed by atoms with van der Waals surface area (Å²) in [6.45, 7) is 3.12. The van der Waals surface area contributed by atoms with E-state index >= 15 is 0 Å². The van der Waals surface area contributed by atoms with Gasteiger partial charge in [0.25, 0.3) is 5.91 Å². The highest BCUT2D eigenvalue weighted by molar-refractivity contribution is 7.99. The molecule has 1 aromatic rings. The number of ether oxygens (including phenoxy) is 1. The number of hydrogen-bond donors (Lipinski definition) is 0. The highest BCUT2D eigenvalue weighted by Gasteiger charge is 2.31. The molecule has 8 heteroatoms. The number of halogens is 1. The first-order valence-electron chi connectivity index (χ1n) is 8.13. The fourth-order valence-electron chi connectivity index (χ4n) is 2.91. The van der Waals surface area contributed by atoms with Gasteiger partial charge in [-0.3, -0.25) is 9.59 Å². The number of piperazine rings is 1. The minimum absolute atomic E-state index is 0.0866. The first-order chi connectivity index (χ1) is 11.6.